The lowest BCUT2D eigenvalue weighted by Crippen LogP contribution is -2.23. The summed E-state index contributed by atoms with van der Waals surface area (Å²) in [6, 6.07) is 11.2. The molecule has 2 atom stereocenters. The standard InChI is InChI=1S/C20H18FNO6/c1-28-12-4-2-3-10(7-12)11-5-6-14(13(21)8-11)22-19(25)17-15(23)9-16(24)18(17)20(26)27/h2-8,15-16,23-24H,9H2,1H3,(H,22,25)(H,26,27). The molecule has 7 nitrogen and oxygen atoms in total. The van der Waals surface area contributed by atoms with Gasteiger partial charge in [0.2, 0.25) is 0 Å². The van der Waals surface area contributed by atoms with Gasteiger partial charge in [-0.2, -0.15) is 0 Å². The van der Waals surface area contributed by atoms with Crippen molar-refractivity contribution in [2.75, 3.05) is 12.4 Å². The van der Waals surface area contributed by atoms with Crippen LogP contribution in [0.3, 0.4) is 0 Å². The van der Waals surface area contributed by atoms with E-state index in [4.69, 9.17) is 9.84 Å². The highest BCUT2D eigenvalue weighted by atomic mass is 19.1. The number of benzene rings is 2. The molecule has 0 radical (unpaired) electrons. The molecule has 28 heavy (non-hydrogen) atoms. The number of hydrogen-bond donors (Lipinski definition) is 4. The van der Waals surface area contributed by atoms with E-state index in [0.717, 1.165) is 0 Å². The molecule has 0 heterocycles. The maximum Gasteiger partial charge on any atom is 0.334 e. The fourth-order valence-corrected chi connectivity index (χ4v) is 3.13. The van der Waals surface area contributed by atoms with Gasteiger partial charge >= 0.3 is 5.97 Å². The third-order valence-corrected chi connectivity index (χ3v) is 4.50. The van der Waals surface area contributed by atoms with E-state index in [1.54, 1.807) is 30.3 Å². The SMILES string of the molecule is COc1cccc(-c2ccc(NC(=O)C3=C(C(=O)O)C(O)CC3O)c(F)c2)c1. The zero-order chi connectivity index (χ0) is 20.4. The zero-order valence-electron chi connectivity index (χ0n) is 14.8. The maximum absolute atomic E-state index is 14.5. The Morgan fingerprint density at radius 3 is 2.39 bits per heavy atom. The fourth-order valence-electron chi connectivity index (χ4n) is 3.13. The number of aliphatic hydroxyl groups excluding tert-OH is 2. The summed E-state index contributed by atoms with van der Waals surface area (Å²) in [5, 5.41) is 31.0. The molecule has 1 aliphatic rings. The van der Waals surface area contributed by atoms with Crippen molar-refractivity contribution in [3.63, 3.8) is 0 Å². The first-order valence-corrected chi connectivity index (χ1v) is 8.40. The summed E-state index contributed by atoms with van der Waals surface area (Å²) in [5.41, 5.74) is 0.0228. The van der Waals surface area contributed by atoms with Crippen molar-refractivity contribution in [3.8, 4) is 16.9 Å². The van der Waals surface area contributed by atoms with Gasteiger partial charge in [-0.3, -0.25) is 4.79 Å². The highest BCUT2D eigenvalue weighted by Gasteiger charge is 2.39. The van der Waals surface area contributed by atoms with E-state index in [0.29, 0.717) is 16.9 Å². The Kier molecular flexibility index (Phi) is 5.43. The number of carboxylic acids is 1. The number of ether oxygens (including phenoxy) is 1. The van der Waals surface area contributed by atoms with Gasteiger partial charge < -0.3 is 25.4 Å². The number of aliphatic hydroxyl groups is 2. The topological polar surface area (TPSA) is 116 Å². The Labute approximate surface area is 159 Å². The second-order valence-corrected chi connectivity index (χ2v) is 6.28. The first-order chi connectivity index (χ1) is 13.3. The van der Waals surface area contributed by atoms with Crippen LogP contribution in [0, 0.1) is 5.82 Å². The molecule has 8 heteroatoms. The number of methoxy groups -OCH3 is 1. The number of nitrogens with one attached hydrogen (secondary N) is 1. The summed E-state index contributed by atoms with van der Waals surface area (Å²) >= 11 is 0. The molecule has 0 spiro atoms. The molecule has 3 rings (SSSR count). The van der Waals surface area contributed by atoms with Crippen LogP contribution >= 0.6 is 0 Å². The second kappa shape index (κ2) is 7.79. The van der Waals surface area contributed by atoms with Crippen LogP contribution in [0.15, 0.2) is 53.6 Å². The van der Waals surface area contributed by atoms with Crippen LogP contribution in [-0.4, -0.2) is 46.5 Å². The van der Waals surface area contributed by atoms with Gasteiger partial charge in [0.25, 0.3) is 5.91 Å². The average molecular weight is 387 g/mol. The second-order valence-electron chi connectivity index (χ2n) is 6.28. The Morgan fingerprint density at radius 2 is 1.75 bits per heavy atom. The number of aliphatic carboxylic acids is 1. The Hall–Kier alpha value is -3.23. The number of anilines is 1. The average Bonchev–Trinajstić information content (AvgIpc) is 2.97. The molecule has 1 amide bonds. The maximum atomic E-state index is 14.5. The van der Waals surface area contributed by atoms with E-state index in [9.17, 15) is 24.2 Å². The molecule has 2 unspecified atom stereocenters. The van der Waals surface area contributed by atoms with Gasteiger partial charge in [0, 0.05) is 6.42 Å². The molecular formula is C20H18FNO6. The van der Waals surface area contributed by atoms with Gasteiger partial charge in [-0.1, -0.05) is 18.2 Å². The summed E-state index contributed by atoms with van der Waals surface area (Å²) < 4.78 is 19.6. The normalized spacial score (nSPS) is 18.9. The number of halogens is 1. The van der Waals surface area contributed by atoms with E-state index in [1.807, 2.05) is 0 Å². The van der Waals surface area contributed by atoms with Crippen molar-refractivity contribution in [3.05, 3.63) is 59.4 Å². The molecule has 0 aliphatic heterocycles. The summed E-state index contributed by atoms with van der Waals surface area (Å²) in [6.45, 7) is 0. The Balaban J connectivity index is 1.87. The van der Waals surface area contributed by atoms with Crippen molar-refractivity contribution in [2.24, 2.45) is 0 Å². The number of carbonyl (C=O) groups excluding carboxylic acids is 1. The molecule has 0 aromatic heterocycles. The van der Waals surface area contributed by atoms with Crippen LogP contribution in [0.25, 0.3) is 11.1 Å². The molecule has 2 aromatic carbocycles. The van der Waals surface area contributed by atoms with Crippen LogP contribution in [0.1, 0.15) is 6.42 Å². The third kappa shape index (κ3) is 3.73. The summed E-state index contributed by atoms with van der Waals surface area (Å²) in [6.07, 6.45) is -3.21. The molecule has 146 valence electrons. The van der Waals surface area contributed by atoms with Crippen LogP contribution in [-0.2, 0) is 9.59 Å². The van der Waals surface area contributed by atoms with Gasteiger partial charge in [0.1, 0.15) is 11.6 Å². The highest BCUT2D eigenvalue weighted by Crippen LogP contribution is 2.30. The lowest BCUT2D eigenvalue weighted by Gasteiger charge is -2.12. The lowest BCUT2D eigenvalue weighted by atomic mass is 10.0. The minimum atomic E-state index is -1.51. The first-order valence-electron chi connectivity index (χ1n) is 8.40. The molecule has 0 saturated heterocycles. The van der Waals surface area contributed by atoms with Gasteiger partial charge in [0.05, 0.1) is 36.2 Å². The van der Waals surface area contributed by atoms with Crippen molar-refractivity contribution in [1.29, 1.82) is 0 Å². The van der Waals surface area contributed by atoms with Gasteiger partial charge in [-0.25, -0.2) is 9.18 Å². The van der Waals surface area contributed by atoms with Crippen LogP contribution in [0.4, 0.5) is 10.1 Å². The van der Waals surface area contributed by atoms with E-state index in [2.05, 4.69) is 5.32 Å². The molecule has 0 fully saturated rings. The summed E-state index contributed by atoms with van der Waals surface area (Å²) in [4.78, 5) is 23.6. The minimum absolute atomic E-state index is 0.178. The fraction of sp³-hybridized carbons (Fsp3) is 0.200. The lowest BCUT2D eigenvalue weighted by molar-refractivity contribution is -0.134. The van der Waals surface area contributed by atoms with E-state index in [-0.39, 0.29) is 12.1 Å². The monoisotopic (exact) mass is 387 g/mol. The summed E-state index contributed by atoms with van der Waals surface area (Å²) in [7, 11) is 1.52. The number of carbonyl (C=O) groups is 2. The van der Waals surface area contributed by atoms with Crippen molar-refractivity contribution in [1.82, 2.24) is 0 Å². The number of carboxylic acid groups (broad SMARTS) is 1. The molecule has 0 bridgehead atoms. The molecular weight excluding hydrogens is 369 g/mol. The summed E-state index contributed by atoms with van der Waals surface area (Å²) in [5.74, 6) is -2.62. The van der Waals surface area contributed by atoms with Gasteiger partial charge in [-0.05, 0) is 35.4 Å². The molecule has 1 aliphatic carbocycles. The van der Waals surface area contributed by atoms with Crippen molar-refractivity contribution in [2.45, 2.75) is 18.6 Å². The van der Waals surface area contributed by atoms with Crippen LogP contribution in [0.5, 0.6) is 5.75 Å². The van der Waals surface area contributed by atoms with Crippen molar-refractivity contribution < 1.29 is 34.0 Å². The van der Waals surface area contributed by atoms with Crippen LogP contribution < -0.4 is 10.1 Å². The minimum Gasteiger partial charge on any atom is -0.497 e. The van der Waals surface area contributed by atoms with Gasteiger partial charge in [0.15, 0.2) is 0 Å². The smallest absolute Gasteiger partial charge is 0.334 e. The molecule has 2 aromatic rings. The number of hydrogen-bond acceptors (Lipinski definition) is 5. The number of rotatable bonds is 5. The first kappa shape index (κ1) is 19.5. The predicted molar refractivity (Wildman–Crippen MR) is 98.3 cm³/mol. The quantitative estimate of drug-likeness (QED) is 0.623. The van der Waals surface area contributed by atoms with E-state index >= 15 is 0 Å². The number of amides is 1. The third-order valence-electron chi connectivity index (χ3n) is 4.50. The molecule has 4 N–H and O–H groups in total. The molecule has 0 saturated carbocycles. The predicted octanol–water partition coefficient (Wildman–Crippen LogP) is 1.95. The van der Waals surface area contributed by atoms with Crippen LogP contribution in [0.2, 0.25) is 0 Å². The van der Waals surface area contributed by atoms with Gasteiger partial charge in [-0.15, -0.1) is 0 Å². The van der Waals surface area contributed by atoms with E-state index in [1.165, 1.54) is 19.2 Å². The zero-order valence-corrected chi connectivity index (χ0v) is 14.8. The largest absolute Gasteiger partial charge is 0.497 e. The highest BCUT2D eigenvalue weighted by molar-refractivity contribution is 6.10. The van der Waals surface area contributed by atoms with Crippen molar-refractivity contribution >= 4 is 17.6 Å². The van der Waals surface area contributed by atoms with E-state index < -0.39 is 41.0 Å². The Bertz CT molecular complexity index is 971. The Morgan fingerprint density at radius 1 is 1.07 bits per heavy atom.